The summed E-state index contributed by atoms with van der Waals surface area (Å²) < 4.78 is 21.1. The van der Waals surface area contributed by atoms with Gasteiger partial charge in [-0.2, -0.15) is 4.39 Å². The fraction of sp³-hybridized carbons (Fsp3) is 0.242. The molecule has 2 aromatic carbocycles. The molecule has 0 unspecified atom stereocenters. The van der Waals surface area contributed by atoms with Gasteiger partial charge in [-0.05, 0) is 87.2 Å². The van der Waals surface area contributed by atoms with E-state index >= 15 is 0 Å². The molecule has 218 valence electrons. The van der Waals surface area contributed by atoms with Crippen LogP contribution in [-0.2, 0) is 17.7 Å². The van der Waals surface area contributed by atoms with Crippen LogP contribution in [0.2, 0.25) is 0 Å². The van der Waals surface area contributed by atoms with E-state index < -0.39 is 17.5 Å². The van der Waals surface area contributed by atoms with Crippen molar-refractivity contribution in [3.05, 3.63) is 101 Å². The minimum Gasteiger partial charge on any atom is -0.455 e. The van der Waals surface area contributed by atoms with E-state index in [2.05, 4.69) is 15.3 Å². The number of fused-ring (bicyclic) bond motifs is 2. The number of halogens is 1. The molecule has 0 aliphatic carbocycles. The van der Waals surface area contributed by atoms with Crippen molar-refractivity contribution in [3.8, 4) is 11.1 Å². The van der Waals surface area contributed by atoms with Gasteiger partial charge in [0.25, 0.3) is 5.91 Å². The van der Waals surface area contributed by atoms with Gasteiger partial charge in [-0.25, -0.2) is 19.7 Å². The molecule has 5 aromatic rings. The summed E-state index contributed by atoms with van der Waals surface area (Å²) in [6.07, 6.45) is 2.06. The van der Waals surface area contributed by atoms with Crippen molar-refractivity contribution < 1.29 is 18.7 Å². The molecular formula is C33H30FN5O3S. The summed E-state index contributed by atoms with van der Waals surface area (Å²) in [5.74, 6) is -0.884. The number of aromatic nitrogens is 3. The van der Waals surface area contributed by atoms with Gasteiger partial charge in [0, 0.05) is 36.0 Å². The van der Waals surface area contributed by atoms with Crippen LogP contribution in [0.5, 0.6) is 0 Å². The van der Waals surface area contributed by atoms with E-state index in [1.807, 2.05) is 53.4 Å². The second kappa shape index (κ2) is 11.2. The maximum atomic E-state index is 14.4. The first-order valence-corrected chi connectivity index (χ1v) is 14.8. The van der Waals surface area contributed by atoms with Crippen molar-refractivity contribution in [1.29, 1.82) is 0 Å². The monoisotopic (exact) mass is 595 g/mol. The number of pyridine rings is 2. The lowest BCUT2D eigenvalue weighted by Gasteiger charge is -2.31. The molecular weight excluding hydrogens is 565 g/mol. The molecule has 0 spiro atoms. The maximum absolute atomic E-state index is 14.4. The van der Waals surface area contributed by atoms with Crippen molar-refractivity contribution in [1.82, 2.24) is 15.0 Å². The van der Waals surface area contributed by atoms with E-state index in [4.69, 9.17) is 9.72 Å². The zero-order valence-corrected chi connectivity index (χ0v) is 25.1. The number of carbonyl (C=O) groups excluding carboxylic acids is 2. The number of esters is 1. The first-order chi connectivity index (χ1) is 20.6. The Bertz CT molecular complexity index is 1850. The molecule has 0 fully saturated rings. The fourth-order valence-electron chi connectivity index (χ4n) is 5.21. The van der Waals surface area contributed by atoms with Crippen LogP contribution in [0, 0.1) is 12.9 Å². The van der Waals surface area contributed by atoms with Gasteiger partial charge in [-0.1, -0.05) is 35.6 Å². The second-order valence-corrected chi connectivity index (χ2v) is 12.4. The summed E-state index contributed by atoms with van der Waals surface area (Å²) in [6, 6.07) is 18.7. The van der Waals surface area contributed by atoms with Gasteiger partial charge in [0.15, 0.2) is 10.8 Å². The maximum Gasteiger partial charge on any atom is 0.358 e. The first-order valence-electron chi connectivity index (χ1n) is 14.0. The van der Waals surface area contributed by atoms with E-state index in [1.165, 1.54) is 17.5 Å². The van der Waals surface area contributed by atoms with Crippen molar-refractivity contribution in [2.75, 3.05) is 16.8 Å². The van der Waals surface area contributed by atoms with Crippen molar-refractivity contribution >= 4 is 44.4 Å². The van der Waals surface area contributed by atoms with Crippen LogP contribution in [0.4, 0.5) is 15.3 Å². The predicted molar refractivity (Wildman–Crippen MR) is 166 cm³/mol. The van der Waals surface area contributed by atoms with E-state index in [0.29, 0.717) is 52.7 Å². The van der Waals surface area contributed by atoms with Gasteiger partial charge < -0.3 is 9.64 Å². The normalized spacial score (nSPS) is 13.1. The number of benzene rings is 2. The lowest BCUT2D eigenvalue weighted by atomic mass is 9.94. The molecule has 0 radical (unpaired) electrons. The third-order valence-electron chi connectivity index (χ3n) is 7.26. The summed E-state index contributed by atoms with van der Waals surface area (Å²) in [7, 11) is 0. The summed E-state index contributed by atoms with van der Waals surface area (Å²) in [5.41, 5.74) is 4.02. The third kappa shape index (κ3) is 5.83. The SMILES string of the molecule is Cc1c(-c2ccc(N3CCc4cccc(C(=O)Nc5nc6ccccc6s5)c4C3)nc2C(=O)OC(C)(C)C)ccnc1F. The van der Waals surface area contributed by atoms with Crippen molar-refractivity contribution in [2.24, 2.45) is 0 Å². The highest BCUT2D eigenvalue weighted by Gasteiger charge is 2.27. The number of nitrogens with one attached hydrogen (secondary N) is 1. The van der Waals surface area contributed by atoms with Gasteiger partial charge >= 0.3 is 5.97 Å². The molecule has 0 bridgehead atoms. The molecule has 0 saturated carbocycles. The van der Waals surface area contributed by atoms with Crippen LogP contribution >= 0.6 is 11.3 Å². The number of para-hydroxylation sites is 1. The smallest absolute Gasteiger partial charge is 0.358 e. The van der Waals surface area contributed by atoms with Gasteiger partial charge in [0.2, 0.25) is 5.95 Å². The lowest BCUT2D eigenvalue weighted by molar-refractivity contribution is 0.00638. The average Bonchev–Trinajstić information content (AvgIpc) is 3.39. The van der Waals surface area contributed by atoms with Crippen molar-refractivity contribution in [3.63, 3.8) is 0 Å². The number of nitrogens with zero attached hydrogens (tertiary/aromatic N) is 4. The van der Waals surface area contributed by atoms with Gasteiger partial charge in [-0.3, -0.25) is 10.1 Å². The minimum absolute atomic E-state index is 0.0915. The number of anilines is 2. The third-order valence-corrected chi connectivity index (χ3v) is 8.21. The summed E-state index contributed by atoms with van der Waals surface area (Å²) >= 11 is 1.43. The molecule has 6 rings (SSSR count). The molecule has 1 aliphatic heterocycles. The zero-order chi connectivity index (χ0) is 30.3. The summed E-state index contributed by atoms with van der Waals surface area (Å²) in [4.78, 5) is 41.9. The number of hydrogen-bond donors (Lipinski definition) is 1. The van der Waals surface area contributed by atoms with Crippen LogP contribution in [0.25, 0.3) is 21.3 Å². The molecule has 1 aliphatic rings. The molecule has 3 aromatic heterocycles. The Morgan fingerprint density at radius 1 is 1.00 bits per heavy atom. The average molecular weight is 596 g/mol. The molecule has 0 saturated heterocycles. The number of hydrogen-bond acceptors (Lipinski definition) is 8. The van der Waals surface area contributed by atoms with Crippen LogP contribution in [0.1, 0.15) is 58.3 Å². The largest absolute Gasteiger partial charge is 0.455 e. The minimum atomic E-state index is -0.750. The fourth-order valence-corrected chi connectivity index (χ4v) is 6.07. The Balaban J connectivity index is 1.33. The number of carbonyl (C=O) groups is 2. The van der Waals surface area contributed by atoms with Crippen LogP contribution in [0.15, 0.2) is 66.9 Å². The Labute approximate surface area is 252 Å². The summed E-state index contributed by atoms with van der Waals surface area (Å²) in [6.45, 7) is 8.03. The standard InChI is InChI=1S/C33H30FN5O3S/c1-19-21(14-16-35-29(19)34)22-12-13-27(37-28(22)31(41)42-33(2,3)4)39-17-15-20-8-7-9-23(24(20)18-39)30(40)38-32-36-25-10-5-6-11-26(25)43-32/h5-14,16H,15,17-18H2,1-4H3,(H,36,38,40). The molecule has 10 heteroatoms. The number of ether oxygens (including phenoxy) is 1. The number of amides is 1. The Kier molecular flexibility index (Phi) is 7.39. The van der Waals surface area contributed by atoms with Gasteiger partial charge in [0.1, 0.15) is 11.4 Å². The van der Waals surface area contributed by atoms with Crippen LogP contribution in [0.3, 0.4) is 0 Å². The first kappa shape index (κ1) is 28.4. The highest BCUT2D eigenvalue weighted by Crippen LogP contribution is 2.33. The van der Waals surface area contributed by atoms with E-state index in [9.17, 15) is 14.0 Å². The highest BCUT2D eigenvalue weighted by atomic mass is 32.1. The second-order valence-electron chi connectivity index (χ2n) is 11.4. The van der Waals surface area contributed by atoms with E-state index in [-0.39, 0.29) is 11.6 Å². The highest BCUT2D eigenvalue weighted by molar-refractivity contribution is 7.22. The van der Waals surface area contributed by atoms with Crippen LogP contribution in [-0.4, -0.2) is 39.0 Å². The molecule has 1 amide bonds. The Hall–Kier alpha value is -4.70. The molecule has 0 atom stereocenters. The van der Waals surface area contributed by atoms with Crippen molar-refractivity contribution in [2.45, 2.75) is 46.3 Å². The van der Waals surface area contributed by atoms with Gasteiger partial charge in [0.05, 0.1) is 10.2 Å². The van der Waals surface area contributed by atoms with Gasteiger partial charge in [-0.15, -0.1) is 0 Å². The van der Waals surface area contributed by atoms with E-state index in [1.54, 1.807) is 39.8 Å². The Morgan fingerprint density at radius 2 is 1.81 bits per heavy atom. The Morgan fingerprint density at radius 3 is 2.60 bits per heavy atom. The van der Waals surface area contributed by atoms with E-state index in [0.717, 1.165) is 21.3 Å². The quantitative estimate of drug-likeness (QED) is 0.173. The summed E-state index contributed by atoms with van der Waals surface area (Å²) in [5, 5.41) is 3.51. The molecule has 1 N–H and O–H groups in total. The number of rotatable bonds is 5. The van der Waals surface area contributed by atoms with Crippen LogP contribution < -0.4 is 10.2 Å². The topological polar surface area (TPSA) is 97.3 Å². The predicted octanol–water partition coefficient (Wildman–Crippen LogP) is 6.97. The molecule has 8 nitrogen and oxygen atoms in total. The zero-order valence-electron chi connectivity index (χ0n) is 24.3. The molecule has 43 heavy (non-hydrogen) atoms. The molecule has 4 heterocycles. The number of thiazole rings is 1. The lowest BCUT2D eigenvalue weighted by Crippen LogP contribution is -2.33.